The molecule has 0 unspecified atom stereocenters. The standard InChI is InChI=1S/C9H18N2O/c1-2-3-9(12)11-7-6-10-8-4-5-8/h8,10H,2-7H2,1H3,(H,11,12). The second-order valence-electron chi connectivity index (χ2n) is 3.33. The lowest BCUT2D eigenvalue weighted by molar-refractivity contribution is -0.121. The highest BCUT2D eigenvalue weighted by Gasteiger charge is 2.19. The van der Waals surface area contributed by atoms with Crippen molar-refractivity contribution < 1.29 is 4.79 Å². The fraction of sp³-hybridized carbons (Fsp3) is 0.889. The van der Waals surface area contributed by atoms with Gasteiger partial charge in [0.1, 0.15) is 0 Å². The van der Waals surface area contributed by atoms with Crippen LogP contribution in [-0.4, -0.2) is 25.0 Å². The Labute approximate surface area is 73.9 Å². The molecule has 0 spiro atoms. The van der Waals surface area contributed by atoms with Crippen molar-refractivity contribution in [3.63, 3.8) is 0 Å². The topological polar surface area (TPSA) is 41.1 Å². The minimum absolute atomic E-state index is 0.176. The van der Waals surface area contributed by atoms with Crippen molar-refractivity contribution >= 4 is 5.91 Å². The fourth-order valence-corrected chi connectivity index (χ4v) is 1.08. The smallest absolute Gasteiger partial charge is 0.220 e. The Balaban J connectivity index is 1.83. The van der Waals surface area contributed by atoms with Crippen LogP contribution < -0.4 is 10.6 Å². The lowest BCUT2D eigenvalue weighted by Crippen LogP contribution is -2.32. The van der Waals surface area contributed by atoms with Gasteiger partial charge in [0.05, 0.1) is 0 Å². The molecule has 3 heteroatoms. The fourth-order valence-electron chi connectivity index (χ4n) is 1.08. The summed E-state index contributed by atoms with van der Waals surface area (Å²) >= 11 is 0. The average Bonchev–Trinajstić information content (AvgIpc) is 2.82. The first-order valence-electron chi connectivity index (χ1n) is 4.83. The summed E-state index contributed by atoms with van der Waals surface area (Å²) in [5.74, 6) is 0.176. The first-order chi connectivity index (χ1) is 5.83. The zero-order chi connectivity index (χ0) is 8.81. The maximum Gasteiger partial charge on any atom is 0.220 e. The maximum absolute atomic E-state index is 11.0. The summed E-state index contributed by atoms with van der Waals surface area (Å²) in [5, 5.41) is 6.20. The molecule has 1 aliphatic carbocycles. The molecule has 3 nitrogen and oxygen atoms in total. The van der Waals surface area contributed by atoms with E-state index in [2.05, 4.69) is 10.6 Å². The van der Waals surface area contributed by atoms with Crippen LogP contribution in [0, 0.1) is 0 Å². The normalized spacial score (nSPS) is 16.1. The number of nitrogens with one attached hydrogen (secondary N) is 2. The Morgan fingerprint density at radius 2 is 2.17 bits per heavy atom. The quantitative estimate of drug-likeness (QED) is 0.575. The summed E-state index contributed by atoms with van der Waals surface area (Å²) in [6.45, 7) is 3.71. The summed E-state index contributed by atoms with van der Waals surface area (Å²) in [6.07, 6.45) is 4.21. The molecule has 70 valence electrons. The largest absolute Gasteiger partial charge is 0.355 e. The Morgan fingerprint density at radius 1 is 1.42 bits per heavy atom. The summed E-state index contributed by atoms with van der Waals surface area (Å²) in [7, 11) is 0. The number of hydrogen-bond acceptors (Lipinski definition) is 2. The Hall–Kier alpha value is -0.570. The number of carbonyl (C=O) groups is 1. The van der Waals surface area contributed by atoms with Gasteiger partial charge in [-0.3, -0.25) is 4.79 Å². The Bertz CT molecular complexity index is 143. The molecule has 12 heavy (non-hydrogen) atoms. The molecule has 1 amide bonds. The minimum Gasteiger partial charge on any atom is -0.355 e. The van der Waals surface area contributed by atoms with Gasteiger partial charge in [0.15, 0.2) is 0 Å². The van der Waals surface area contributed by atoms with E-state index in [1.54, 1.807) is 0 Å². The van der Waals surface area contributed by atoms with Crippen molar-refractivity contribution in [2.75, 3.05) is 13.1 Å². The molecule has 1 rings (SSSR count). The molecular formula is C9H18N2O. The van der Waals surface area contributed by atoms with Gasteiger partial charge in [-0.05, 0) is 19.3 Å². The van der Waals surface area contributed by atoms with E-state index in [0.717, 1.165) is 25.6 Å². The van der Waals surface area contributed by atoms with Gasteiger partial charge in [-0.15, -0.1) is 0 Å². The summed E-state index contributed by atoms with van der Waals surface area (Å²) < 4.78 is 0. The SMILES string of the molecule is CCCC(=O)NCCNC1CC1. The van der Waals surface area contributed by atoms with Crippen LogP contribution in [-0.2, 0) is 4.79 Å². The molecule has 0 saturated heterocycles. The van der Waals surface area contributed by atoms with Gasteiger partial charge in [0.25, 0.3) is 0 Å². The third-order valence-corrected chi connectivity index (χ3v) is 1.93. The monoisotopic (exact) mass is 170 g/mol. The first-order valence-corrected chi connectivity index (χ1v) is 4.83. The molecule has 1 saturated carbocycles. The molecule has 0 aromatic rings. The van der Waals surface area contributed by atoms with E-state index in [9.17, 15) is 4.79 Å². The lowest BCUT2D eigenvalue weighted by Gasteiger charge is -2.04. The second kappa shape index (κ2) is 5.14. The Kier molecular flexibility index (Phi) is 4.08. The van der Waals surface area contributed by atoms with Crippen LogP contribution >= 0.6 is 0 Å². The second-order valence-corrected chi connectivity index (χ2v) is 3.33. The predicted molar refractivity (Wildman–Crippen MR) is 48.9 cm³/mol. The van der Waals surface area contributed by atoms with Crippen molar-refractivity contribution in [1.29, 1.82) is 0 Å². The Morgan fingerprint density at radius 3 is 2.75 bits per heavy atom. The highest BCUT2D eigenvalue weighted by molar-refractivity contribution is 5.75. The van der Waals surface area contributed by atoms with E-state index in [1.165, 1.54) is 12.8 Å². The summed E-state index contributed by atoms with van der Waals surface area (Å²) in [4.78, 5) is 11.0. The summed E-state index contributed by atoms with van der Waals surface area (Å²) in [6, 6.07) is 0.744. The molecule has 0 aromatic carbocycles. The highest BCUT2D eigenvalue weighted by atomic mass is 16.1. The average molecular weight is 170 g/mol. The maximum atomic E-state index is 11.0. The predicted octanol–water partition coefficient (Wildman–Crippen LogP) is 0.655. The molecule has 0 atom stereocenters. The number of amides is 1. The van der Waals surface area contributed by atoms with Gasteiger partial charge >= 0.3 is 0 Å². The highest BCUT2D eigenvalue weighted by Crippen LogP contribution is 2.17. The van der Waals surface area contributed by atoms with E-state index in [4.69, 9.17) is 0 Å². The molecule has 0 heterocycles. The molecule has 2 N–H and O–H groups in total. The van der Waals surface area contributed by atoms with Gasteiger partial charge < -0.3 is 10.6 Å². The van der Waals surface area contributed by atoms with E-state index in [0.29, 0.717) is 6.42 Å². The molecule has 1 aliphatic rings. The van der Waals surface area contributed by atoms with E-state index >= 15 is 0 Å². The van der Waals surface area contributed by atoms with Crippen LogP contribution in [0.5, 0.6) is 0 Å². The van der Waals surface area contributed by atoms with E-state index in [1.807, 2.05) is 6.92 Å². The van der Waals surface area contributed by atoms with Gasteiger partial charge in [-0.1, -0.05) is 6.92 Å². The van der Waals surface area contributed by atoms with Crippen LogP contribution in [0.15, 0.2) is 0 Å². The van der Waals surface area contributed by atoms with Crippen LogP contribution in [0.3, 0.4) is 0 Å². The molecule has 0 bridgehead atoms. The molecule has 0 radical (unpaired) electrons. The van der Waals surface area contributed by atoms with Gasteiger partial charge in [0, 0.05) is 25.6 Å². The molecule has 1 fully saturated rings. The number of hydrogen-bond donors (Lipinski definition) is 2. The molecule has 0 aromatic heterocycles. The van der Waals surface area contributed by atoms with Crippen molar-refractivity contribution in [3.8, 4) is 0 Å². The summed E-state index contributed by atoms with van der Waals surface area (Å²) in [5.41, 5.74) is 0. The zero-order valence-corrected chi connectivity index (χ0v) is 7.73. The van der Waals surface area contributed by atoms with E-state index in [-0.39, 0.29) is 5.91 Å². The first kappa shape index (κ1) is 9.52. The van der Waals surface area contributed by atoms with Crippen molar-refractivity contribution in [2.24, 2.45) is 0 Å². The van der Waals surface area contributed by atoms with Crippen LogP contribution in [0.4, 0.5) is 0 Å². The van der Waals surface area contributed by atoms with E-state index < -0.39 is 0 Å². The number of rotatable bonds is 6. The third kappa shape index (κ3) is 4.34. The lowest BCUT2D eigenvalue weighted by atomic mass is 10.3. The zero-order valence-electron chi connectivity index (χ0n) is 7.73. The van der Waals surface area contributed by atoms with Crippen LogP contribution in [0.1, 0.15) is 32.6 Å². The van der Waals surface area contributed by atoms with Crippen molar-refractivity contribution in [3.05, 3.63) is 0 Å². The van der Waals surface area contributed by atoms with Crippen molar-refractivity contribution in [2.45, 2.75) is 38.6 Å². The van der Waals surface area contributed by atoms with Crippen LogP contribution in [0.2, 0.25) is 0 Å². The van der Waals surface area contributed by atoms with Crippen molar-refractivity contribution in [1.82, 2.24) is 10.6 Å². The number of carbonyl (C=O) groups excluding carboxylic acids is 1. The van der Waals surface area contributed by atoms with Crippen LogP contribution in [0.25, 0.3) is 0 Å². The van der Waals surface area contributed by atoms with Gasteiger partial charge in [-0.25, -0.2) is 0 Å². The minimum atomic E-state index is 0.176. The molecular weight excluding hydrogens is 152 g/mol. The molecule has 0 aliphatic heterocycles. The van der Waals surface area contributed by atoms with Gasteiger partial charge in [-0.2, -0.15) is 0 Å². The third-order valence-electron chi connectivity index (χ3n) is 1.93. The van der Waals surface area contributed by atoms with Gasteiger partial charge in [0.2, 0.25) is 5.91 Å².